The fourth-order valence-electron chi connectivity index (χ4n) is 1.41. The van der Waals surface area contributed by atoms with Gasteiger partial charge in [0.1, 0.15) is 12.3 Å². The number of benzene rings is 1. The minimum atomic E-state index is -1.09. The molecule has 0 heterocycles. The number of rotatable bonds is 5. The Hall–Kier alpha value is -2.30. The van der Waals surface area contributed by atoms with Crippen LogP contribution >= 0.6 is 0 Å². The van der Waals surface area contributed by atoms with E-state index in [1.807, 2.05) is 0 Å². The molecule has 3 N–H and O–H groups in total. The highest BCUT2D eigenvalue weighted by atomic mass is 16.4. The van der Waals surface area contributed by atoms with Gasteiger partial charge in [-0.15, -0.1) is 0 Å². The van der Waals surface area contributed by atoms with Crippen molar-refractivity contribution in [2.45, 2.75) is 13.3 Å². The molecule has 0 aliphatic heterocycles. The molecule has 0 aliphatic rings. The van der Waals surface area contributed by atoms with Crippen molar-refractivity contribution >= 4 is 18.0 Å². The molecule has 5 nitrogen and oxygen atoms in total. The van der Waals surface area contributed by atoms with Gasteiger partial charge in [-0.2, -0.15) is 0 Å². The van der Waals surface area contributed by atoms with E-state index in [1.165, 1.54) is 12.1 Å². The van der Waals surface area contributed by atoms with Crippen LogP contribution in [0.25, 0.3) is 6.08 Å². The van der Waals surface area contributed by atoms with Gasteiger partial charge in [0.05, 0.1) is 0 Å². The van der Waals surface area contributed by atoms with Crippen LogP contribution in [-0.4, -0.2) is 28.6 Å². The number of hydrogen-bond acceptors (Lipinski definition) is 3. The van der Waals surface area contributed by atoms with Crippen LogP contribution in [0.15, 0.2) is 29.8 Å². The van der Waals surface area contributed by atoms with Gasteiger partial charge in [-0.3, -0.25) is 9.59 Å². The third-order valence-electron chi connectivity index (χ3n) is 2.28. The lowest BCUT2D eigenvalue weighted by Crippen LogP contribution is -2.30. The molecule has 0 saturated heterocycles. The molecule has 1 aromatic rings. The lowest BCUT2D eigenvalue weighted by atomic mass is 10.1. The Morgan fingerprint density at radius 1 is 1.39 bits per heavy atom. The molecule has 1 rings (SSSR count). The molecule has 0 fully saturated rings. The van der Waals surface area contributed by atoms with E-state index in [-0.39, 0.29) is 5.75 Å². The third-order valence-corrected chi connectivity index (χ3v) is 2.28. The number of phenolic OH excluding ortho intramolecular Hbond substituents is 1. The minimum Gasteiger partial charge on any atom is -0.508 e. The van der Waals surface area contributed by atoms with Crippen molar-refractivity contribution in [2.75, 3.05) is 6.54 Å². The number of carboxylic acid groups (broad SMARTS) is 1. The average Bonchev–Trinajstić information content (AvgIpc) is 2.33. The first-order chi connectivity index (χ1) is 8.52. The summed E-state index contributed by atoms with van der Waals surface area (Å²) in [6.45, 7) is 1.39. The van der Waals surface area contributed by atoms with Crippen molar-refractivity contribution in [2.24, 2.45) is 0 Å². The number of carbonyl (C=O) groups is 2. The van der Waals surface area contributed by atoms with Gasteiger partial charge in [0.2, 0.25) is 5.91 Å². The molecule has 1 amide bonds. The normalized spacial score (nSPS) is 11.1. The van der Waals surface area contributed by atoms with Gasteiger partial charge in [0.15, 0.2) is 0 Å². The number of aliphatic carboxylic acids is 1. The molecule has 0 bridgehead atoms. The van der Waals surface area contributed by atoms with Crippen LogP contribution in [0.1, 0.15) is 18.9 Å². The quantitative estimate of drug-likeness (QED) is 0.688. The number of nitrogens with one attached hydrogen (secondary N) is 1. The van der Waals surface area contributed by atoms with E-state index in [0.29, 0.717) is 17.6 Å². The van der Waals surface area contributed by atoms with E-state index in [1.54, 1.807) is 25.1 Å². The van der Waals surface area contributed by atoms with Crippen LogP contribution in [0.2, 0.25) is 0 Å². The van der Waals surface area contributed by atoms with Crippen molar-refractivity contribution in [1.29, 1.82) is 0 Å². The second kappa shape index (κ2) is 6.44. The van der Waals surface area contributed by atoms with Crippen molar-refractivity contribution in [3.63, 3.8) is 0 Å². The first-order valence-electron chi connectivity index (χ1n) is 5.52. The number of aromatic hydroxyl groups is 1. The van der Waals surface area contributed by atoms with Crippen molar-refractivity contribution < 1.29 is 19.8 Å². The van der Waals surface area contributed by atoms with E-state index in [2.05, 4.69) is 5.32 Å². The molecule has 5 heteroatoms. The van der Waals surface area contributed by atoms with Crippen LogP contribution in [0.5, 0.6) is 5.75 Å². The lowest BCUT2D eigenvalue weighted by molar-refractivity contribution is -0.137. The summed E-state index contributed by atoms with van der Waals surface area (Å²) in [6, 6.07) is 6.48. The molecular formula is C13H15NO4. The lowest BCUT2D eigenvalue weighted by Gasteiger charge is -2.05. The SMILES string of the molecule is CC/C(=C\c1cccc(O)c1)C(=O)NCC(=O)O. The highest BCUT2D eigenvalue weighted by Gasteiger charge is 2.08. The van der Waals surface area contributed by atoms with Crippen molar-refractivity contribution in [1.82, 2.24) is 5.32 Å². The Kier molecular flexibility index (Phi) is 4.92. The maximum Gasteiger partial charge on any atom is 0.322 e. The zero-order valence-electron chi connectivity index (χ0n) is 10.0. The molecule has 96 valence electrons. The minimum absolute atomic E-state index is 0.116. The summed E-state index contributed by atoms with van der Waals surface area (Å²) in [5.74, 6) is -1.38. The maximum absolute atomic E-state index is 11.7. The van der Waals surface area contributed by atoms with Crippen LogP contribution < -0.4 is 5.32 Å². The van der Waals surface area contributed by atoms with Crippen LogP contribution in [0, 0.1) is 0 Å². The number of carbonyl (C=O) groups excluding carboxylic acids is 1. The third kappa shape index (κ3) is 4.29. The predicted molar refractivity (Wildman–Crippen MR) is 67.0 cm³/mol. The first-order valence-corrected chi connectivity index (χ1v) is 5.52. The number of hydrogen-bond donors (Lipinski definition) is 3. The van der Waals surface area contributed by atoms with Gasteiger partial charge >= 0.3 is 5.97 Å². The Labute approximate surface area is 105 Å². The monoisotopic (exact) mass is 249 g/mol. The maximum atomic E-state index is 11.7. The second-order valence-electron chi connectivity index (χ2n) is 3.69. The number of carboxylic acids is 1. The van der Waals surface area contributed by atoms with E-state index in [9.17, 15) is 14.7 Å². The van der Waals surface area contributed by atoms with E-state index >= 15 is 0 Å². The highest BCUT2D eigenvalue weighted by Crippen LogP contribution is 2.15. The van der Waals surface area contributed by atoms with Gasteiger partial charge in [-0.05, 0) is 30.2 Å². The van der Waals surface area contributed by atoms with E-state index in [4.69, 9.17) is 5.11 Å². The molecule has 0 spiro atoms. The Balaban J connectivity index is 2.82. The van der Waals surface area contributed by atoms with Crippen LogP contribution in [0.3, 0.4) is 0 Å². The van der Waals surface area contributed by atoms with Gasteiger partial charge in [-0.1, -0.05) is 19.1 Å². The van der Waals surface area contributed by atoms with Crippen molar-refractivity contribution in [3.8, 4) is 5.75 Å². The zero-order valence-corrected chi connectivity index (χ0v) is 10.0. The van der Waals surface area contributed by atoms with Gasteiger partial charge in [0.25, 0.3) is 0 Å². The molecule has 0 atom stereocenters. The fourth-order valence-corrected chi connectivity index (χ4v) is 1.41. The van der Waals surface area contributed by atoms with Crippen LogP contribution in [0.4, 0.5) is 0 Å². The summed E-state index contributed by atoms with van der Waals surface area (Å²) in [4.78, 5) is 22.0. The smallest absolute Gasteiger partial charge is 0.322 e. The number of amides is 1. The molecule has 18 heavy (non-hydrogen) atoms. The summed E-state index contributed by atoms with van der Waals surface area (Å²) >= 11 is 0. The summed E-state index contributed by atoms with van der Waals surface area (Å²) in [5.41, 5.74) is 1.15. The molecular weight excluding hydrogens is 234 g/mol. The van der Waals surface area contributed by atoms with Crippen LogP contribution in [-0.2, 0) is 9.59 Å². The average molecular weight is 249 g/mol. The molecule has 0 aromatic heterocycles. The van der Waals surface area contributed by atoms with Gasteiger partial charge in [0, 0.05) is 5.57 Å². The molecule has 0 saturated carbocycles. The van der Waals surface area contributed by atoms with E-state index < -0.39 is 18.4 Å². The van der Waals surface area contributed by atoms with E-state index in [0.717, 1.165) is 0 Å². The number of phenols is 1. The summed E-state index contributed by atoms with van der Waals surface area (Å²) in [6.07, 6.45) is 2.10. The molecule has 0 unspecified atom stereocenters. The summed E-state index contributed by atoms with van der Waals surface area (Å²) < 4.78 is 0. The standard InChI is InChI=1S/C13H15NO4/c1-2-10(13(18)14-8-12(16)17)6-9-4-3-5-11(15)7-9/h3-7,15H,2,8H2,1H3,(H,14,18)(H,16,17)/b10-6+. The zero-order chi connectivity index (χ0) is 13.5. The topological polar surface area (TPSA) is 86.6 Å². The molecule has 1 aromatic carbocycles. The Bertz CT molecular complexity index is 480. The summed E-state index contributed by atoms with van der Waals surface area (Å²) in [5, 5.41) is 20.1. The van der Waals surface area contributed by atoms with Gasteiger partial charge < -0.3 is 15.5 Å². The highest BCUT2D eigenvalue weighted by molar-refractivity contribution is 5.99. The molecule has 0 aliphatic carbocycles. The second-order valence-corrected chi connectivity index (χ2v) is 3.69. The summed E-state index contributed by atoms with van der Waals surface area (Å²) in [7, 11) is 0. The molecule has 0 radical (unpaired) electrons. The first kappa shape index (κ1) is 13.8. The predicted octanol–water partition coefficient (Wildman–Crippen LogP) is 1.39. The Morgan fingerprint density at radius 2 is 2.11 bits per heavy atom. The van der Waals surface area contributed by atoms with Gasteiger partial charge in [-0.25, -0.2) is 0 Å². The Morgan fingerprint density at radius 3 is 2.67 bits per heavy atom. The largest absolute Gasteiger partial charge is 0.508 e. The van der Waals surface area contributed by atoms with Crippen molar-refractivity contribution in [3.05, 3.63) is 35.4 Å². The fraction of sp³-hybridized carbons (Fsp3) is 0.231.